The summed E-state index contributed by atoms with van der Waals surface area (Å²) in [6.45, 7) is 0. The Balaban J connectivity index is 3.15. The summed E-state index contributed by atoms with van der Waals surface area (Å²) in [6.07, 6.45) is -1.97. The van der Waals surface area contributed by atoms with Crippen LogP contribution in [0.5, 0.6) is 0 Å². The van der Waals surface area contributed by atoms with Gasteiger partial charge < -0.3 is 4.79 Å². The van der Waals surface area contributed by atoms with Crippen LogP contribution in [-0.4, -0.2) is 12.5 Å². The summed E-state index contributed by atoms with van der Waals surface area (Å²) in [7, 11) is 0. The lowest BCUT2D eigenvalue weighted by Crippen LogP contribution is -2.06. The molecule has 0 N–H and O–H groups in total. The van der Waals surface area contributed by atoms with Crippen molar-refractivity contribution in [2.45, 2.75) is 17.5 Å². The van der Waals surface area contributed by atoms with Crippen LogP contribution >= 0.6 is 11.8 Å². The van der Waals surface area contributed by atoms with Crippen molar-refractivity contribution < 1.29 is 18.0 Å². The van der Waals surface area contributed by atoms with Gasteiger partial charge in [-0.25, -0.2) is 0 Å². The topological polar surface area (TPSA) is 17.1 Å². The zero-order valence-corrected chi connectivity index (χ0v) is 8.78. The fourth-order valence-corrected chi connectivity index (χ4v) is 1.81. The van der Waals surface area contributed by atoms with Gasteiger partial charge in [0.05, 0.1) is 5.56 Å². The summed E-state index contributed by atoms with van der Waals surface area (Å²) < 4.78 is 37.0. The molecule has 1 aromatic rings. The van der Waals surface area contributed by atoms with Gasteiger partial charge in [-0.15, -0.1) is 11.8 Å². The summed E-state index contributed by atoms with van der Waals surface area (Å²) in [5.74, 6) is 0. The summed E-state index contributed by atoms with van der Waals surface area (Å²) in [5.41, 5.74) is -0.288. The largest absolute Gasteiger partial charge is 0.416 e. The molecule has 0 aliphatic rings. The summed E-state index contributed by atoms with van der Waals surface area (Å²) >= 11 is 1.33. The number of aldehydes is 1. The minimum Gasteiger partial charge on any atom is -0.303 e. The highest BCUT2D eigenvalue weighted by molar-refractivity contribution is 7.98. The number of alkyl halides is 3. The van der Waals surface area contributed by atoms with Crippen molar-refractivity contribution in [3.05, 3.63) is 29.3 Å². The molecule has 0 unspecified atom stereocenters. The van der Waals surface area contributed by atoms with Crippen LogP contribution in [-0.2, 0) is 17.4 Å². The Kier molecular flexibility index (Phi) is 3.79. The number of carbonyl (C=O) groups excluding carboxylic acids is 1. The molecule has 0 aromatic heterocycles. The zero-order chi connectivity index (χ0) is 11.5. The molecule has 0 bridgehead atoms. The molecule has 0 saturated carbocycles. The Labute approximate surface area is 89.7 Å². The zero-order valence-electron chi connectivity index (χ0n) is 7.97. The van der Waals surface area contributed by atoms with E-state index in [0.717, 1.165) is 12.1 Å². The van der Waals surface area contributed by atoms with E-state index in [1.54, 1.807) is 6.26 Å². The second-order valence-corrected chi connectivity index (χ2v) is 3.74. The number of benzene rings is 1. The van der Waals surface area contributed by atoms with Gasteiger partial charge in [0.15, 0.2) is 0 Å². The number of halogens is 3. The van der Waals surface area contributed by atoms with E-state index in [-0.39, 0.29) is 6.42 Å². The van der Waals surface area contributed by atoms with Gasteiger partial charge in [0.2, 0.25) is 0 Å². The van der Waals surface area contributed by atoms with Crippen molar-refractivity contribution >= 4 is 18.0 Å². The van der Waals surface area contributed by atoms with E-state index >= 15 is 0 Å². The maximum Gasteiger partial charge on any atom is 0.416 e. The summed E-state index contributed by atoms with van der Waals surface area (Å²) in [6, 6.07) is 3.45. The lowest BCUT2D eigenvalue weighted by molar-refractivity contribution is -0.137. The molecule has 0 aliphatic carbocycles. The molecular formula is C10H9F3OS. The third-order valence-electron chi connectivity index (χ3n) is 1.91. The Bertz CT molecular complexity index is 360. The highest BCUT2D eigenvalue weighted by atomic mass is 32.2. The first-order valence-corrected chi connectivity index (χ1v) is 5.39. The summed E-state index contributed by atoms with van der Waals surface area (Å²) in [4.78, 5) is 11.0. The molecule has 15 heavy (non-hydrogen) atoms. The van der Waals surface area contributed by atoms with E-state index in [2.05, 4.69) is 0 Å². The van der Waals surface area contributed by atoms with Gasteiger partial charge >= 0.3 is 6.18 Å². The first-order chi connectivity index (χ1) is 6.99. The molecule has 0 atom stereocenters. The van der Waals surface area contributed by atoms with Crippen molar-refractivity contribution in [1.82, 2.24) is 0 Å². The lowest BCUT2D eigenvalue weighted by atomic mass is 10.1. The van der Waals surface area contributed by atoms with Gasteiger partial charge in [-0.3, -0.25) is 0 Å². The van der Waals surface area contributed by atoms with Gasteiger partial charge in [-0.2, -0.15) is 13.2 Å². The molecular weight excluding hydrogens is 225 g/mol. The van der Waals surface area contributed by atoms with Gasteiger partial charge in [-0.05, 0) is 30.0 Å². The molecule has 1 aromatic carbocycles. The molecule has 1 rings (SSSR count). The van der Waals surface area contributed by atoms with E-state index in [1.807, 2.05) is 0 Å². The van der Waals surface area contributed by atoms with E-state index in [0.29, 0.717) is 16.7 Å². The average molecular weight is 234 g/mol. The molecule has 0 radical (unpaired) electrons. The van der Waals surface area contributed by atoms with Gasteiger partial charge in [0.1, 0.15) is 6.29 Å². The predicted molar refractivity (Wildman–Crippen MR) is 53.0 cm³/mol. The first-order valence-electron chi connectivity index (χ1n) is 4.16. The third-order valence-corrected chi connectivity index (χ3v) is 2.75. The van der Waals surface area contributed by atoms with Crippen LogP contribution < -0.4 is 0 Å². The van der Waals surface area contributed by atoms with Crippen LogP contribution in [0, 0.1) is 0 Å². The van der Waals surface area contributed by atoms with Crippen LogP contribution in [0.4, 0.5) is 13.2 Å². The highest BCUT2D eigenvalue weighted by Crippen LogP contribution is 2.32. The van der Waals surface area contributed by atoms with Gasteiger partial charge in [0, 0.05) is 11.3 Å². The Morgan fingerprint density at radius 1 is 1.40 bits per heavy atom. The molecule has 0 amide bonds. The minimum atomic E-state index is -4.35. The molecule has 0 heterocycles. The molecule has 1 nitrogen and oxygen atoms in total. The van der Waals surface area contributed by atoms with Crippen molar-refractivity contribution in [3.63, 3.8) is 0 Å². The molecule has 82 valence electrons. The fraction of sp³-hybridized carbons (Fsp3) is 0.300. The second kappa shape index (κ2) is 4.70. The quantitative estimate of drug-likeness (QED) is 0.590. The Morgan fingerprint density at radius 3 is 2.53 bits per heavy atom. The average Bonchev–Trinajstić information content (AvgIpc) is 2.17. The maximum absolute atomic E-state index is 12.3. The van der Waals surface area contributed by atoms with Crippen LogP contribution in [0.1, 0.15) is 11.1 Å². The number of hydrogen-bond acceptors (Lipinski definition) is 2. The Morgan fingerprint density at radius 2 is 2.07 bits per heavy atom. The summed E-state index contributed by atoms with van der Waals surface area (Å²) in [5, 5.41) is 0. The number of rotatable bonds is 3. The maximum atomic E-state index is 12.3. The molecule has 0 aliphatic heterocycles. The minimum absolute atomic E-state index is 0.0140. The standard InChI is InChI=1S/C10H9F3OS/c1-15-9-3-2-8(10(11,12)13)6-7(9)4-5-14/h2-3,5-6H,4H2,1H3. The Hall–Kier alpha value is -0.970. The molecule has 0 spiro atoms. The van der Waals surface area contributed by atoms with E-state index in [9.17, 15) is 18.0 Å². The van der Waals surface area contributed by atoms with E-state index < -0.39 is 11.7 Å². The van der Waals surface area contributed by atoms with Crippen molar-refractivity contribution in [2.75, 3.05) is 6.26 Å². The predicted octanol–water partition coefficient (Wildman–Crippen LogP) is 3.17. The van der Waals surface area contributed by atoms with Crippen LogP contribution in [0.2, 0.25) is 0 Å². The second-order valence-electron chi connectivity index (χ2n) is 2.90. The van der Waals surface area contributed by atoms with Gasteiger partial charge in [-0.1, -0.05) is 0 Å². The molecule has 5 heteroatoms. The van der Waals surface area contributed by atoms with E-state index in [4.69, 9.17) is 0 Å². The van der Waals surface area contributed by atoms with Crippen molar-refractivity contribution in [2.24, 2.45) is 0 Å². The third kappa shape index (κ3) is 2.99. The fourth-order valence-electron chi connectivity index (χ4n) is 1.20. The van der Waals surface area contributed by atoms with Crippen molar-refractivity contribution in [3.8, 4) is 0 Å². The van der Waals surface area contributed by atoms with Crippen LogP contribution in [0.3, 0.4) is 0 Å². The first kappa shape index (κ1) is 12.1. The smallest absolute Gasteiger partial charge is 0.303 e. The number of hydrogen-bond donors (Lipinski definition) is 0. The van der Waals surface area contributed by atoms with Crippen molar-refractivity contribution in [1.29, 1.82) is 0 Å². The highest BCUT2D eigenvalue weighted by Gasteiger charge is 2.30. The van der Waals surface area contributed by atoms with E-state index in [1.165, 1.54) is 17.8 Å². The monoisotopic (exact) mass is 234 g/mol. The van der Waals surface area contributed by atoms with Gasteiger partial charge in [0.25, 0.3) is 0 Å². The van der Waals surface area contributed by atoms with Crippen LogP contribution in [0.25, 0.3) is 0 Å². The molecule has 0 fully saturated rings. The number of carbonyl (C=O) groups is 1. The lowest BCUT2D eigenvalue weighted by Gasteiger charge is -2.10. The molecule has 0 saturated heterocycles. The SMILES string of the molecule is CSc1ccc(C(F)(F)F)cc1CC=O. The van der Waals surface area contributed by atoms with Crippen LogP contribution in [0.15, 0.2) is 23.1 Å². The number of thioether (sulfide) groups is 1. The normalized spacial score (nSPS) is 11.5.